The second kappa shape index (κ2) is 8.77. The molecule has 5 rings (SSSR count). The fraction of sp³-hybridized carbons (Fsp3) is 0.240. The summed E-state index contributed by atoms with van der Waals surface area (Å²) in [5, 5.41) is 16.1. The van der Waals surface area contributed by atoms with Crippen molar-refractivity contribution in [2.24, 2.45) is 5.10 Å². The molecule has 7 nitrogen and oxygen atoms in total. The Hall–Kier alpha value is -3.36. The van der Waals surface area contributed by atoms with Gasteiger partial charge in [-0.25, -0.2) is 10.2 Å². The van der Waals surface area contributed by atoms with Crippen LogP contribution in [-0.2, 0) is 12.8 Å². The van der Waals surface area contributed by atoms with E-state index in [0.717, 1.165) is 58.6 Å². The second-order valence-corrected chi connectivity index (χ2v) is 9.87. The van der Waals surface area contributed by atoms with Crippen LogP contribution >= 0.6 is 22.9 Å². The van der Waals surface area contributed by atoms with Crippen molar-refractivity contribution in [3.05, 3.63) is 74.1 Å². The first-order chi connectivity index (χ1) is 16.3. The molecule has 9 heteroatoms. The zero-order chi connectivity index (χ0) is 24.0. The Morgan fingerprint density at radius 1 is 1.21 bits per heavy atom. The lowest BCUT2D eigenvalue weighted by Crippen LogP contribution is -2.16. The van der Waals surface area contributed by atoms with Gasteiger partial charge in [-0.15, -0.1) is 11.3 Å². The van der Waals surface area contributed by atoms with E-state index in [4.69, 9.17) is 16.0 Å². The number of carbonyl (C=O) groups excluding carboxylic acids is 1. The molecule has 174 valence electrons. The number of carboxylic acid groups (broad SMARTS) is 1. The lowest BCUT2D eigenvalue weighted by Gasteiger charge is -2.11. The summed E-state index contributed by atoms with van der Waals surface area (Å²) in [7, 11) is 0. The van der Waals surface area contributed by atoms with Crippen molar-refractivity contribution in [3.63, 3.8) is 0 Å². The number of nitrogens with zero attached hydrogens (tertiary/aromatic N) is 2. The van der Waals surface area contributed by atoms with Crippen LogP contribution in [-0.4, -0.2) is 27.8 Å². The second-order valence-electron chi connectivity index (χ2n) is 8.35. The molecule has 1 aromatic carbocycles. The fourth-order valence-corrected chi connectivity index (χ4v) is 6.17. The van der Waals surface area contributed by atoms with Crippen molar-refractivity contribution < 1.29 is 19.1 Å². The van der Waals surface area contributed by atoms with Gasteiger partial charge in [-0.05, 0) is 75.4 Å². The summed E-state index contributed by atoms with van der Waals surface area (Å²) >= 11 is 7.55. The number of carboxylic acids is 1. The van der Waals surface area contributed by atoms with E-state index < -0.39 is 11.9 Å². The van der Waals surface area contributed by atoms with Gasteiger partial charge in [-0.3, -0.25) is 4.79 Å². The first-order valence-electron chi connectivity index (χ1n) is 10.9. The standard InChI is InChI=1S/C25H22ClN3O4S/c1-13-9-16(12-27-28-23(30)20-11-15-10-17(26)7-8-19(15)33-20)14(2)29(13)24-22(25(31)32)18-5-3-4-6-21(18)34-24/h7-12H,3-6H2,1-2H3,(H,28,30)(H,31,32)/b27-12-. The molecule has 34 heavy (non-hydrogen) atoms. The number of nitrogens with one attached hydrogen (secondary N) is 1. The van der Waals surface area contributed by atoms with E-state index in [1.807, 2.05) is 24.5 Å². The van der Waals surface area contributed by atoms with Crippen LogP contribution in [0.4, 0.5) is 0 Å². The average molecular weight is 496 g/mol. The number of hydrogen-bond acceptors (Lipinski definition) is 5. The minimum atomic E-state index is -0.892. The molecule has 4 aromatic rings. The third-order valence-corrected chi connectivity index (χ3v) is 7.62. The summed E-state index contributed by atoms with van der Waals surface area (Å²) in [5.41, 5.74) is 6.98. The van der Waals surface area contributed by atoms with Gasteiger partial charge < -0.3 is 14.1 Å². The molecule has 0 saturated carbocycles. The number of fused-ring (bicyclic) bond motifs is 2. The lowest BCUT2D eigenvalue weighted by molar-refractivity contribution is 0.0695. The van der Waals surface area contributed by atoms with E-state index in [0.29, 0.717) is 16.2 Å². The molecule has 3 aromatic heterocycles. The van der Waals surface area contributed by atoms with Crippen molar-refractivity contribution in [2.75, 3.05) is 0 Å². The summed E-state index contributed by atoms with van der Waals surface area (Å²) in [6.07, 6.45) is 5.40. The highest BCUT2D eigenvalue weighted by atomic mass is 35.5. The smallest absolute Gasteiger partial charge is 0.339 e. The Morgan fingerprint density at radius 3 is 2.79 bits per heavy atom. The number of aromatic carboxylic acids is 1. The molecule has 0 radical (unpaired) electrons. The van der Waals surface area contributed by atoms with Crippen molar-refractivity contribution >= 4 is 52.0 Å². The maximum absolute atomic E-state index is 12.5. The van der Waals surface area contributed by atoms with Gasteiger partial charge in [0.15, 0.2) is 5.76 Å². The Balaban J connectivity index is 1.41. The number of amides is 1. The molecule has 1 amide bonds. The number of aromatic nitrogens is 1. The minimum absolute atomic E-state index is 0.134. The van der Waals surface area contributed by atoms with Gasteiger partial charge in [0.05, 0.1) is 11.8 Å². The molecule has 0 atom stereocenters. The van der Waals surface area contributed by atoms with E-state index in [9.17, 15) is 14.7 Å². The number of benzene rings is 1. The van der Waals surface area contributed by atoms with E-state index >= 15 is 0 Å². The summed E-state index contributed by atoms with van der Waals surface area (Å²) < 4.78 is 7.54. The van der Waals surface area contributed by atoms with E-state index in [1.165, 1.54) is 4.88 Å². The number of halogens is 1. The molecular formula is C25H22ClN3O4S. The topological polar surface area (TPSA) is 96.8 Å². The van der Waals surface area contributed by atoms with Gasteiger partial charge in [-0.2, -0.15) is 5.10 Å². The molecule has 1 aliphatic carbocycles. The Kier molecular flexibility index (Phi) is 5.79. The number of carbonyl (C=O) groups is 2. The maximum Gasteiger partial charge on any atom is 0.339 e. The summed E-state index contributed by atoms with van der Waals surface area (Å²) in [6.45, 7) is 3.86. The van der Waals surface area contributed by atoms with Gasteiger partial charge in [0.2, 0.25) is 0 Å². The summed E-state index contributed by atoms with van der Waals surface area (Å²) in [6, 6.07) is 8.68. The van der Waals surface area contributed by atoms with Gasteiger partial charge in [0, 0.05) is 32.2 Å². The van der Waals surface area contributed by atoms with Crippen molar-refractivity contribution in [3.8, 4) is 5.00 Å². The van der Waals surface area contributed by atoms with Crippen LogP contribution in [0.5, 0.6) is 0 Å². The van der Waals surface area contributed by atoms with Crippen LogP contribution in [0.3, 0.4) is 0 Å². The third kappa shape index (κ3) is 3.93. The summed E-state index contributed by atoms with van der Waals surface area (Å²) in [5.74, 6) is -1.23. The monoisotopic (exact) mass is 495 g/mol. The molecule has 2 N–H and O–H groups in total. The first-order valence-corrected chi connectivity index (χ1v) is 12.1. The normalized spacial score (nSPS) is 13.5. The van der Waals surface area contributed by atoms with Crippen LogP contribution in [0.2, 0.25) is 5.02 Å². The van der Waals surface area contributed by atoms with Crippen LogP contribution in [0.25, 0.3) is 16.0 Å². The summed E-state index contributed by atoms with van der Waals surface area (Å²) in [4.78, 5) is 25.8. The number of hydrogen-bond donors (Lipinski definition) is 2. The largest absolute Gasteiger partial charge is 0.478 e. The number of furan rings is 1. The highest BCUT2D eigenvalue weighted by molar-refractivity contribution is 7.15. The highest BCUT2D eigenvalue weighted by Gasteiger charge is 2.27. The molecule has 0 bridgehead atoms. The SMILES string of the molecule is Cc1cc(/C=N\NC(=O)c2cc3cc(Cl)ccc3o2)c(C)n1-c1sc2c(c1C(=O)O)CCCC2. The number of hydrazone groups is 1. The van der Waals surface area contributed by atoms with Crippen LogP contribution in [0.1, 0.15) is 61.1 Å². The van der Waals surface area contributed by atoms with Crippen LogP contribution in [0.15, 0.2) is 39.9 Å². The maximum atomic E-state index is 12.5. The minimum Gasteiger partial charge on any atom is -0.478 e. The Labute approximate surface area is 204 Å². The Bertz CT molecular complexity index is 1480. The molecule has 0 fully saturated rings. The predicted molar refractivity (Wildman–Crippen MR) is 133 cm³/mol. The molecule has 1 aliphatic rings. The Morgan fingerprint density at radius 2 is 2.00 bits per heavy atom. The molecule has 0 aliphatic heterocycles. The third-order valence-electron chi connectivity index (χ3n) is 6.11. The van der Waals surface area contributed by atoms with Crippen molar-refractivity contribution in [1.29, 1.82) is 0 Å². The molecule has 0 spiro atoms. The van der Waals surface area contributed by atoms with Crippen LogP contribution < -0.4 is 5.43 Å². The zero-order valence-electron chi connectivity index (χ0n) is 18.6. The number of aryl methyl sites for hydroxylation is 2. The van der Waals surface area contributed by atoms with Gasteiger partial charge in [-0.1, -0.05) is 11.6 Å². The van der Waals surface area contributed by atoms with Crippen LogP contribution in [0, 0.1) is 13.8 Å². The predicted octanol–water partition coefficient (Wildman–Crippen LogP) is 5.90. The fourth-order valence-electron chi connectivity index (χ4n) is 4.50. The molecular weight excluding hydrogens is 474 g/mol. The molecule has 3 heterocycles. The van der Waals surface area contributed by atoms with E-state index in [2.05, 4.69) is 10.5 Å². The van der Waals surface area contributed by atoms with E-state index in [1.54, 1.807) is 41.8 Å². The number of rotatable bonds is 5. The van der Waals surface area contributed by atoms with Gasteiger partial charge >= 0.3 is 11.9 Å². The van der Waals surface area contributed by atoms with Gasteiger partial charge in [0.1, 0.15) is 10.6 Å². The zero-order valence-corrected chi connectivity index (χ0v) is 20.2. The number of thiophene rings is 1. The lowest BCUT2D eigenvalue weighted by atomic mass is 9.95. The van der Waals surface area contributed by atoms with E-state index in [-0.39, 0.29) is 5.76 Å². The van der Waals surface area contributed by atoms with Crippen molar-refractivity contribution in [2.45, 2.75) is 39.5 Å². The van der Waals surface area contributed by atoms with Crippen molar-refractivity contribution in [1.82, 2.24) is 9.99 Å². The molecule has 0 unspecified atom stereocenters. The molecule has 0 saturated heterocycles. The highest BCUT2D eigenvalue weighted by Crippen LogP contribution is 2.38. The average Bonchev–Trinajstić information content (AvgIpc) is 3.46. The van der Waals surface area contributed by atoms with Gasteiger partial charge in [0.25, 0.3) is 0 Å². The quantitative estimate of drug-likeness (QED) is 0.266. The first kappa shape index (κ1) is 22.4.